The van der Waals surface area contributed by atoms with Crippen LogP contribution < -0.4 is 15.4 Å². The van der Waals surface area contributed by atoms with E-state index in [1.165, 1.54) is 56.3 Å². The highest BCUT2D eigenvalue weighted by Crippen LogP contribution is 2.33. The summed E-state index contributed by atoms with van der Waals surface area (Å²) in [5.41, 5.74) is 2.44. The summed E-state index contributed by atoms with van der Waals surface area (Å²) in [4.78, 5) is 0. The maximum absolute atomic E-state index is 5.35. The van der Waals surface area contributed by atoms with Crippen molar-refractivity contribution in [1.82, 2.24) is 5.32 Å². The Morgan fingerprint density at radius 3 is 2.71 bits per heavy atom. The lowest BCUT2D eigenvalue weighted by Gasteiger charge is -2.37. The summed E-state index contributed by atoms with van der Waals surface area (Å²) < 4.78 is 5.35. The van der Waals surface area contributed by atoms with E-state index in [2.05, 4.69) is 35.8 Å². The van der Waals surface area contributed by atoms with Gasteiger partial charge in [0, 0.05) is 17.8 Å². The molecular weight excluding hydrogens is 260 g/mol. The summed E-state index contributed by atoms with van der Waals surface area (Å²) in [5, 5.41) is 7.52. The Labute approximate surface area is 128 Å². The molecule has 116 valence electrons. The van der Waals surface area contributed by atoms with Gasteiger partial charge in [-0.3, -0.25) is 0 Å². The number of ether oxygens (including phenoxy) is 1. The lowest BCUT2D eigenvalue weighted by molar-refractivity contribution is 0.263. The number of anilines is 1. The molecule has 1 aliphatic carbocycles. The first-order valence-corrected chi connectivity index (χ1v) is 8.42. The molecule has 1 aliphatic heterocycles. The van der Waals surface area contributed by atoms with E-state index in [-0.39, 0.29) is 0 Å². The molecule has 1 heterocycles. The molecule has 1 aromatic rings. The van der Waals surface area contributed by atoms with E-state index in [4.69, 9.17) is 4.74 Å². The van der Waals surface area contributed by atoms with Crippen molar-refractivity contribution >= 4 is 5.69 Å². The third kappa shape index (κ3) is 3.34. The minimum atomic E-state index is 0.613. The molecular formula is C18H28N2O. The quantitative estimate of drug-likeness (QED) is 0.886. The van der Waals surface area contributed by atoms with Gasteiger partial charge in [-0.05, 0) is 68.8 Å². The van der Waals surface area contributed by atoms with Gasteiger partial charge in [0.1, 0.15) is 5.75 Å². The molecule has 1 aromatic carbocycles. The predicted octanol–water partition coefficient (Wildman–Crippen LogP) is 3.73. The first kappa shape index (κ1) is 14.7. The van der Waals surface area contributed by atoms with Crippen LogP contribution in [0.3, 0.4) is 0 Å². The van der Waals surface area contributed by atoms with Crippen LogP contribution in [0.5, 0.6) is 5.75 Å². The summed E-state index contributed by atoms with van der Waals surface area (Å²) >= 11 is 0. The molecule has 2 N–H and O–H groups in total. The third-order valence-electron chi connectivity index (χ3n) is 5.18. The fourth-order valence-corrected chi connectivity index (χ4v) is 4.08. The lowest BCUT2D eigenvalue weighted by atomic mass is 9.79. The van der Waals surface area contributed by atoms with Crippen molar-refractivity contribution in [3.63, 3.8) is 0 Å². The topological polar surface area (TPSA) is 33.3 Å². The molecule has 3 nitrogen and oxygen atoms in total. The van der Waals surface area contributed by atoms with Gasteiger partial charge < -0.3 is 15.4 Å². The average molecular weight is 288 g/mol. The number of benzene rings is 1. The van der Waals surface area contributed by atoms with Crippen LogP contribution in [0.4, 0.5) is 5.69 Å². The molecule has 0 spiro atoms. The Bertz CT molecular complexity index is 468. The summed E-state index contributed by atoms with van der Waals surface area (Å²) in [5.74, 6) is 1.75. The second-order valence-corrected chi connectivity index (χ2v) is 6.59. The van der Waals surface area contributed by atoms with Crippen LogP contribution in [-0.4, -0.2) is 25.7 Å². The summed E-state index contributed by atoms with van der Waals surface area (Å²) in [7, 11) is 1.73. The maximum atomic E-state index is 5.35. The Balaban J connectivity index is 1.70. The molecule has 3 unspecified atom stereocenters. The molecule has 2 fully saturated rings. The van der Waals surface area contributed by atoms with Crippen LogP contribution in [0.25, 0.3) is 0 Å². The van der Waals surface area contributed by atoms with E-state index in [1.54, 1.807) is 7.11 Å². The molecule has 1 saturated carbocycles. The zero-order chi connectivity index (χ0) is 14.7. The molecule has 0 aromatic heterocycles. The van der Waals surface area contributed by atoms with Gasteiger partial charge in [0.25, 0.3) is 0 Å². The Morgan fingerprint density at radius 1 is 1.14 bits per heavy atom. The van der Waals surface area contributed by atoms with Crippen LogP contribution in [0, 0.1) is 12.8 Å². The monoisotopic (exact) mass is 288 g/mol. The minimum Gasteiger partial charge on any atom is -0.496 e. The molecule has 0 amide bonds. The van der Waals surface area contributed by atoms with Crippen molar-refractivity contribution in [2.24, 2.45) is 5.92 Å². The fourth-order valence-electron chi connectivity index (χ4n) is 4.08. The standard InChI is InChI=1S/C18H28N2O/c1-13-12-14(9-10-18(13)21-2)20-17-7-4-3-6-15(17)16-8-5-11-19-16/h9-10,12,15-17,19-20H,3-8,11H2,1-2H3. The summed E-state index contributed by atoms with van der Waals surface area (Å²) in [6, 6.07) is 7.78. The Morgan fingerprint density at radius 2 is 2.00 bits per heavy atom. The molecule has 0 bridgehead atoms. The third-order valence-corrected chi connectivity index (χ3v) is 5.18. The molecule has 3 heteroatoms. The van der Waals surface area contributed by atoms with E-state index in [0.717, 1.165) is 17.7 Å². The number of hydrogen-bond donors (Lipinski definition) is 2. The summed E-state index contributed by atoms with van der Waals surface area (Å²) in [6.07, 6.45) is 8.11. The Hall–Kier alpha value is -1.22. The van der Waals surface area contributed by atoms with Gasteiger partial charge in [-0.2, -0.15) is 0 Å². The first-order valence-electron chi connectivity index (χ1n) is 8.42. The number of rotatable bonds is 4. The van der Waals surface area contributed by atoms with E-state index in [1.807, 2.05) is 0 Å². The van der Waals surface area contributed by atoms with Gasteiger partial charge in [-0.15, -0.1) is 0 Å². The average Bonchev–Trinajstić information content (AvgIpc) is 3.02. The van der Waals surface area contributed by atoms with Gasteiger partial charge in [0.2, 0.25) is 0 Å². The maximum Gasteiger partial charge on any atom is 0.121 e. The molecule has 3 rings (SSSR count). The smallest absolute Gasteiger partial charge is 0.121 e. The minimum absolute atomic E-state index is 0.613. The highest BCUT2D eigenvalue weighted by Gasteiger charge is 2.33. The zero-order valence-corrected chi connectivity index (χ0v) is 13.3. The molecule has 1 saturated heterocycles. The van der Waals surface area contributed by atoms with Crippen molar-refractivity contribution in [3.8, 4) is 5.75 Å². The van der Waals surface area contributed by atoms with Crippen LogP contribution in [0.15, 0.2) is 18.2 Å². The van der Waals surface area contributed by atoms with Gasteiger partial charge in [0.05, 0.1) is 7.11 Å². The van der Waals surface area contributed by atoms with E-state index >= 15 is 0 Å². The van der Waals surface area contributed by atoms with E-state index in [9.17, 15) is 0 Å². The molecule has 0 radical (unpaired) electrons. The SMILES string of the molecule is COc1ccc(NC2CCCCC2C2CCCN2)cc1C. The van der Waals surface area contributed by atoms with Gasteiger partial charge >= 0.3 is 0 Å². The predicted molar refractivity (Wildman–Crippen MR) is 88.1 cm³/mol. The fraction of sp³-hybridized carbons (Fsp3) is 0.667. The Kier molecular flexibility index (Phi) is 4.69. The van der Waals surface area contributed by atoms with Gasteiger partial charge in [0.15, 0.2) is 0 Å². The van der Waals surface area contributed by atoms with Crippen molar-refractivity contribution < 1.29 is 4.74 Å². The second kappa shape index (κ2) is 6.69. The zero-order valence-electron chi connectivity index (χ0n) is 13.3. The van der Waals surface area contributed by atoms with Gasteiger partial charge in [-0.25, -0.2) is 0 Å². The van der Waals surface area contributed by atoms with Crippen molar-refractivity contribution in [1.29, 1.82) is 0 Å². The first-order chi connectivity index (χ1) is 10.3. The van der Waals surface area contributed by atoms with E-state index in [0.29, 0.717) is 6.04 Å². The lowest BCUT2D eigenvalue weighted by Crippen LogP contribution is -2.43. The van der Waals surface area contributed by atoms with Gasteiger partial charge in [-0.1, -0.05) is 12.8 Å². The van der Waals surface area contributed by atoms with Crippen LogP contribution >= 0.6 is 0 Å². The van der Waals surface area contributed by atoms with E-state index < -0.39 is 0 Å². The van der Waals surface area contributed by atoms with Crippen molar-refractivity contribution in [2.75, 3.05) is 19.0 Å². The number of nitrogens with one attached hydrogen (secondary N) is 2. The van der Waals surface area contributed by atoms with Crippen molar-refractivity contribution in [3.05, 3.63) is 23.8 Å². The van der Waals surface area contributed by atoms with Crippen LogP contribution in [0.1, 0.15) is 44.1 Å². The number of aryl methyl sites for hydroxylation is 1. The van der Waals surface area contributed by atoms with Crippen molar-refractivity contribution in [2.45, 2.75) is 57.5 Å². The number of hydrogen-bond acceptors (Lipinski definition) is 3. The van der Waals surface area contributed by atoms with Crippen LogP contribution in [0.2, 0.25) is 0 Å². The number of methoxy groups -OCH3 is 1. The highest BCUT2D eigenvalue weighted by molar-refractivity contribution is 5.51. The largest absolute Gasteiger partial charge is 0.496 e. The van der Waals surface area contributed by atoms with Crippen LogP contribution in [-0.2, 0) is 0 Å². The normalized spacial score (nSPS) is 29.3. The highest BCUT2D eigenvalue weighted by atomic mass is 16.5. The molecule has 21 heavy (non-hydrogen) atoms. The molecule has 3 atom stereocenters. The second-order valence-electron chi connectivity index (χ2n) is 6.59. The summed E-state index contributed by atoms with van der Waals surface area (Å²) in [6.45, 7) is 3.32. The molecule has 2 aliphatic rings.